The molecule has 0 aliphatic rings. The van der Waals surface area contributed by atoms with E-state index in [1.54, 1.807) is 36.4 Å². The van der Waals surface area contributed by atoms with Crippen LogP contribution in [0.1, 0.15) is 16.7 Å². The predicted molar refractivity (Wildman–Crippen MR) is 92.8 cm³/mol. The Balaban J connectivity index is 0.000000330. The standard InChI is InChI=1S/C8H4N2.C8H8.C4H6/c9-5-7-3-1-2-4-8(7)6-10;1-2-8-6-4-3-5-7-8;1-3-4-2/h1-4H;2-7H,1H2;3-4H,1-2H2. The molecule has 0 saturated heterocycles. The molecule has 22 heavy (non-hydrogen) atoms. The van der Waals surface area contributed by atoms with Crippen molar-refractivity contribution in [2.45, 2.75) is 0 Å². The molecule has 0 amide bonds. The van der Waals surface area contributed by atoms with Crippen LogP contribution in [0, 0.1) is 22.7 Å². The molecule has 0 atom stereocenters. The summed E-state index contributed by atoms with van der Waals surface area (Å²) in [7, 11) is 0. The molecule has 0 radical (unpaired) electrons. The van der Waals surface area contributed by atoms with Crippen molar-refractivity contribution in [3.05, 3.63) is 103 Å². The zero-order chi connectivity index (χ0) is 16.6. The number of hydrogen-bond donors (Lipinski definition) is 0. The third kappa shape index (κ3) is 7.94. The summed E-state index contributed by atoms with van der Waals surface area (Å²) >= 11 is 0. The van der Waals surface area contributed by atoms with Crippen molar-refractivity contribution < 1.29 is 0 Å². The van der Waals surface area contributed by atoms with Crippen LogP contribution in [0.4, 0.5) is 0 Å². The Kier molecular flexibility index (Phi) is 10.7. The van der Waals surface area contributed by atoms with Gasteiger partial charge in [0.25, 0.3) is 0 Å². The smallest absolute Gasteiger partial charge is 0.101 e. The molecule has 2 heteroatoms. The third-order valence-corrected chi connectivity index (χ3v) is 2.37. The molecule has 0 aromatic heterocycles. The minimum atomic E-state index is 0.435. The summed E-state index contributed by atoms with van der Waals surface area (Å²) in [5, 5.41) is 16.9. The van der Waals surface area contributed by atoms with Crippen LogP contribution in [0.2, 0.25) is 0 Å². The van der Waals surface area contributed by atoms with Crippen LogP contribution < -0.4 is 0 Å². The second-order valence-corrected chi connectivity index (χ2v) is 3.86. The van der Waals surface area contributed by atoms with Crippen LogP contribution >= 0.6 is 0 Å². The molecule has 2 rings (SSSR count). The minimum absolute atomic E-state index is 0.435. The summed E-state index contributed by atoms with van der Waals surface area (Å²) in [6, 6.07) is 20.6. The molecule has 0 saturated carbocycles. The van der Waals surface area contributed by atoms with E-state index in [0.29, 0.717) is 11.1 Å². The van der Waals surface area contributed by atoms with Crippen LogP contribution in [0.5, 0.6) is 0 Å². The Morgan fingerprint density at radius 2 is 1.09 bits per heavy atom. The number of benzene rings is 2. The Morgan fingerprint density at radius 3 is 1.36 bits per heavy atom. The Labute approximate surface area is 132 Å². The fourth-order valence-electron chi connectivity index (χ4n) is 1.27. The second kappa shape index (κ2) is 12.7. The van der Waals surface area contributed by atoms with E-state index >= 15 is 0 Å². The number of nitrogens with zero attached hydrogens (tertiary/aromatic N) is 2. The van der Waals surface area contributed by atoms with Crippen molar-refractivity contribution >= 4 is 6.08 Å². The van der Waals surface area contributed by atoms with Gasteiger partial charge < -0.3 is 0 Å². The van der Waals surface area contributed by atoms with Crippen molar-refractivity contribution in [3.63, 3.8) is 0 Å². The van der Waals surface area contributed by atoms with E-state index in [0.717, 1.165) is 0 Å². The van der Waals surface area contributed by atoms with Crippen molar-refractivity contribution in [2.24, 2.45) is 0 Å². The zero-order valence-electron chi connectivity index (χ0n) is 12.4. The first-order chi connectivity index (χ1) is 10.7. The minimum Gasteiger partial charge on any atom is -0.192 e. The van der Waals surface area contributed by atoms with Gasteiger partial charge in [0.15, 0.2) is 0 Å². The number of hydrogen-bond acceptors (Lipinski definition) is 2. The summed E-state index contributed by atoms with van der Waals surface area (Å²) < 4.78 is 0. The average molecular weight is 286 g/mol. The quantitative estimate of drug-likeness (QED) is 0.719. The fourth-order valence-corrected chi connectivity index (χ4v) is 1.27. The predicted octanol–water partition coefficient (Wildman–Crippen LogP) is 5.12. The van der Waals surface area contributed by atoms with Crippen LogP contribution in [-0.2, 0) is 0 Å². The van der Waals surface area contributed by atoms with Crippen molar-refractivity contribution in [2.75, 3.05) is 0 Å². The molecule has 0 aliphatic heterocycles. The molecular formula is C20H18N2. The lowest BCUT2D eigenvalue weighted by Gasteiger charge is -1.88. The first kappa shape index (κ1) is 18.6. The second-order valence-electron chi connectivity index (χ2n) is 3.86. The molecule has 2 aromatic rings. The third-order valence-electron chi connectivity index (χ3n) is 2.37. The first-order valence-electron chi connectivity index (χ1n) is 6.53. The monoisotopic (exact) mass is 286 g/mol. The van der Waals surface area contributed by atoms with Gasteiger partial charge in [0, 0.05) is 0 Å². The number of rotatable bonds is 2. The normalized spacial score (nSPS) is 7.55. The molecule has 2 aromatic carbocycles. The van der Waals surface area contributed by atoms with Crippen molar-refractivity contribution in [3.8, 4) is 12.1 Å². The van der Waals surface area contributed by atoms with Crippen LogP contribution in [0.3, 0.4) is 0 Å². The van der Waals surface area contributed by atoms with Gasteiger partial charge in [-0.3, -0.25) is 0 Å². The van der Waals surface area contributed by atoms with E-state index in [2.05, 4.69) is 19.7 Å². The van der Waals surface area contributed by atoms with E-state index in [4.69, 9.17) is 10.5 Å². The molecule has 0 aliphatic carbocycles. The van der Waals surface area contributed by atoms with Gasteiger partial charge in [0.1, 0.15) is 12.1 Å². The first-order valence-corrected chi connectivity index (χ1v) is 6.53. The number of allylic oxidation sites excluding steroid dienone is 2. The highest BCUT2D eigenvalue weighted by molar-refractivity contribution is 5.46. The molecule has 0 heterocycles. The van der Waals surface area contributed by atoms with E-state index in [1.165, 1.54) is 5.56 Å². The topological polar surface area (TPSA) is 47.6 Å². The molecule has 0 fully saturated rings. The summed E-state index contributed by atoms with van der Waals surface area (Å²) in [5.74, 6) is 0. The molecule has 0 spiro atoms. The van der Waals surface area contributed by atoms with E-state index in [-0.39, 0.29) is 0 Å². The molecule has 108 valence electrons. The van der Waals surface area contributed by atoms with E-state index < -0.39 is 0 Å². The van der Waals surface area contributed by atoms with Gasteiger partial charge in [0.05, 0.1) is 11.1 Å². The van der Waals surface area contributed by atoms with E-state index in [1.807, 2.05) is 48.5 Å². The van der Waals surface area contributed by atoms with Gasteiger partial charge >= 0.3 is 0 Å². The Morgan fingerprint density at radius 1 is 0.682 bits per heavy atom. The summed E-state index contributed by atoms with van der Waals surface area (Å²) in [6.45, 7) is 10.4. The Bertz CT molecular complexity index is 632. The molecule has 0 unspecified atom stereocenters. The fraction of sp³-hybridized carbons (Fsp3) is 0. The number of nitriles is 2. The van der Waals surface area contributed by atoms with Gasteiger partial charge in [0.2, 0.25) is 0 Å². The van der Waals surface area contributed by atoms with Gasteiger partial charge in [-0.25, -0.2) is 0 Å². The molecule has 0 bridgehead atoms. The van der Waals surface area contributed by atoms with Crippen LogP contribution in [-0.4, -0.2) is 0 Å². The average Bonchev–Trinajstić information content (AvgIpc) is 2.63. The van der Waals surface area contributed by atoms with Crippen molar-refractivity contribution in [1.29, 1.82) is 10.5 Å². The maximum atomic E-state index is 8.45. The zero-order valence-corrected chi connectivity index (χ0v) is 12.4. The van der Waals surface area contributed by atoms with Gasteiger partial charge in [-0.15, -0.1) is 0 Å². The van der Waals surface area contributed by atoms with Gasteiger partial charge in [-0.1, -0.05) is 80.4 Å². The SMILES string of the molecule is C=CC=C.C=Cc1ccccc1.N#Cc1ccccc1C#N. The lowest BCUT2D eigenvalue weighted by molar-refractivity contribution is 1.43. The van der Waals surface area contributed by atoms with Crippen molar-refractivity contribution in [1.82, 2.24) is 0 Å². The summed E-state index contributed by atoms with van der Waals surface area (Å²) in [4.78, 5) is 0. The summed E-state index contributed by atoms with van der Waals surface area (Å²) in [6.07, 6.45) is 5.11. The lowest BCUT2D eigenvalue weighted by atomic mass is 10.1. The highest BCUT2D eigenvalue weighted by atomic mass is 14.3. The highest BCUT2D eigenvalue weighted by Gasteiger charge is 1.95. The molecular weight excluding hydrogens is 268 g/mol. The molecule has 2 nitrogen and oxygen atoms in total. The molecule has 0 N–H and O–H groups in total. The largest absolute Gasteiger partial charge is 0.192 e. The Hall–Kier alpha value is -3.36. The van der Waals surface area contributed by atoms with Gasteiger partial charge in [-0.2, -0.15) is 10.5 Å². The van der Waals surface area contributed by atoms with E-state index in [9.17, 15) is 0 Å². The summed E-state index contributed by atoms with van der Waals surface area (Å²) in [5.41, 5.74) is 2.04. The van der Waals surface area contributed by atoms with Crippen LogP contribution in [0.15, 0.2) is 86.5 Å². The van der Waals surface area contributed by atoms with Gasteiger partial charge in [-0.05, 0) is 17.7 Å². The highest BCUT2D eigenvalue weighted by Crippen LogP contribution is 2.03. The maximum absolute atomic E-state index is 8.45. The lowest BCUT2D eigenvalue weighted by Crippen LogP contribution is -1.79. The maximum Gasteiger partial charge on any atom is 0.101 e. The van der Waals surface area contributed by atoms with Crippen LogP contribution in [0.25, 0.3) is 6.08 Å².